The lowest BCUT2D eigenvalue weighted by atomic mass is 9.38. The van der Waals surface area contributed by atoms with Gasteiger partial charge in [-0.25, -0.2) is 0 Å². The molecule has 0 radical (unpaired) electrons. The SMILES string of the molecule is C=O.CCCC(C)B(C)CC1CCCCC1. The van der Waals surface area contributed by atoms with Gasteiger partial charge in [0, 0.05) is 0 Å². The third-order valence-corrected chi connectivity index (χ3v) is 4.15. The summed E-state index contributed by atoms with van der Waals surface area (Å²) >= 11 is 0. The van der Waals surface area contributed by atoms with Crippen molar-refractivity contribution in [1.29, 1.82) is 0 Å². The molecule has 0 aromatic carbocycles. The number of carbonyl (C=O) groups is 1. The van der Waals surface area contributed by atoms with Crippen LogP contribution in [0.1, 0.15) is 58.8 Å². The molecule has 1 aliphatic rings. The molecule has 0 heterocycles. The monoisotopic (exact) mass is 224 g/mol. The minimum atomic E-state index is 0.946. The fourth-order valence-electron chi connectivity index (χ4n) is 2.92. The molecular weight excluding hydrogens is 195 g/mol. The Labute approximate surface area is 102 Å². The highest BCUT2D eigenvalue weighted by atomic mass is 16.1. The first-order valence-corrected chi connectivity index (χ1v) is 7.03. The van der Waals surface area contributed by atoms with Gasteiger partial charge in [-0.1, -0.05) is 77.8 Å². The highest BCUT2D eigenvalue weighted by molar-refractivity contribution is 6.58. The van der Waals surface area contributed by atoms with Crippen LogP contribution in [0.25, 0.3) is 0 Å². The Morgan fingerprint density at radius 3 is 2.31 bits per heavy atom. The molecule has 94 valence electrons. The molecular formula is C14H29BO. The first-order valence-electron chi connectivity index (χ1n) is 7.03. The van der Waals surface area contributed by atoms with E-state index in [4.69, 9.17) is 4.79 Å². The molecule has 0 amide bonds. The van der Waals surface area contributed by atoms with Gasteiger partial charge in [0.2, 0.25) is 0 Å². The molecule has 1 unspecified atom stereocenters. The third kappa shape index (κ3) is 6.35. The lowest BCUT2D eigenvalue weighted by Crippen LogP contribution is -2.20. The van der Waals surface area contributed by atoms with Gasteiger partial charge >= 0.3 is 0 Å². The van der Waals surface area contributed by atoms with Crippen LogP contribution in [0.4, 0.5) is 0 Å². The quantitative estimate of drug-likeness (QED) is 0.619. The highest BCUT2D eigenvalue weighted by Gasteiger charge is 2.21. The topological polar surface area (TPSA) is 17.1 Å². The standard InChI is InChI=1S/C13H27B.CH2O/c1-4-8-12(2)14(3)11-13-9-6-5-7-10-13;1-2/h12-13H,4-11H2,1-3H3;1H2. The normalized spacial score (nSPS) is 18.4. The summed E-state index contributed by atoms with van der Waals surface area (Å²) in [6, 6.07) is 0. The Hall–Kier alpha value is -0.265. The van der Waals surface area contributed by atoms with Crippen LogP contribution in [0.3, 0.4) is 0 Å². The molecule has 0 saturated heterocycles. The summed E-state index contributed by atoms with van der Waals surface area (Å²) < 4.78 is 0. The van der Waals surface area contributed by atoms with Gasteiger partial charge in [-0.15, -0.1) is 0 Å². The van der Waals surface area contributed by atoms with Crippen LogP contribution in [0, 0.1) is 5.92 Å². The molecule has 0 aromatic heterocycles. The summed E-state index contributed by atoms with van der Waals surface area (Å²) in [7, 11) is 0. The summed E-state index contributed by atoms with van der Waals surface area (Å²) in [6.45, 7) is 10.2. The van der Waals surface area contributed by atoms with E-state index < -0.39 is 0 Å². The van der Waals surface area contributed by atoms with Gasteiger partial charge in [-0.2, -0.15) is 0 Å². The van der Waals surface area contributed by atoms with E-state index in [1.807, 2.05) is 6.79 Å². The largest absolute Gasteiger partial charge is 0.307 e. The van der Waals surface area contributed by atoms with E-state index >= 15 is 0 Å². The van der Waals surface area contributed by atoms with Crippen molar-refractivity contribution in [3.8, 4) is 0 Å². The Balaban J connectivity index is 0.00000106. The van der Waals surface area contributed by atoms with Crippen LogP contribution < -0.4 is 0 Å². The van der Waals surface area contributed by atoms with Crippen molar-refractivity contribution in [1.82, 2.24) is 0 Å². The lowest BCUT2D eigenvalue weighted by molar-refractivity contribution is -0.0979. The van der Waals surface area contributed by atoms with Crippen LogP contribution >= 0.6 is 0 Å². The maximum Gasteiger partial charge on any atom is 0.139 e. The van der Waals surface area contributed by atoms with Crippen molar-refractivity contribution in [3.63, 3.8) is 0 Å². The molecule has 16 heavy (non-hydrogen) atoms. The van der Waals surface area contributed by atoms with E-state index in [9.17, 15) is 0 Å². The van der Waals surface area contributed by atoms with Gasteiger partial charge in [0.1, 0.15) is 13.5 Å². The van der Waals surface area contributed by atoms with Crippen molar-refractivity contribution >= 4 is 13.5 Å². The van der Waals surface area contributed by atoms with E-state index in [-0.39, 0.29) is 0 Å². The minimum Gasteiger partial charge on any atom is -0.307 e. The average molecular weight is 224 g/mol. The summed E-state index contributed by atoms with van der Waals surface area (Å²) in [5.41, 5.74) is 0. The molecule has 0 aliphatic heterocycles. The van der Waals surface area contributed by atoms with E-state index in [0.29, 0.717) is 0 Å². The Bertz CT molecular complexity index is 155. The molecule has 1 aliphatic carbocycles. The number of hydrogen-bond acceptors (Lipinski definition) is 1. The Morgan fingerprint density at radius 1 is 1.25 bits per heavy atom. The maximum absolute atomic E-state index is 8.00. The smallest absolute Gasteiger partial charge is 0.139 e. The second-order valence-electron chi connectivity index (χ2n) is 5.48. The average Bonchev–Trinajstić information content (AvgIpc) is 2.33. The van der Waals surface area contributed by atoms with Gasteiger partial charge in [0.05, 0.1) is 0 Å². The van der Waals surface area contributed by atoms with Crippen molar-refractivity contribution in [2.45, 2.75) is 77.8 Å². The van der Waals surface area contributed by atoms with Crippen LogP contribution in [0.5, 0.6) is 0 Å². The van der Waals surface area contributed by atoms with Crippen LogP contribution in [-0.4, -0.2) is 13.5 Å². The van der Waals surface area contributed by atoms with Crippen molar-refractivity contribution in [3.05, 3.63) is 0 Å². The highest BCUT2D eigenvalue weighted by Crippen LogP contribution is 2.31. The second-order valence-corrected chi connectivity index (χ2v) is 5.48. The second kappa shape index (κ2) is 9.93. The molecule has 0 bridgehead atoms. The molecule has 1 fully saturated rings. The van der Waals surface area contributed by atoms with Crippen molar-refractivity contribution in [2.75, 3.05) is 0 Å². The van der Waals surface area contributed by atoms with Crippen LogP contribution in [-0.2, 0) is 4.79 Å². The van der Waals surface area contributed by atoms with Crippen molar-refractivity contribution in [2.24, 2.45) is 5.92 Å². The summed E-state index contributed by atoms with van der Waals surface area (Å²) in [6.07, 6.45) is 11.8. The molecule has 1 nitrogen and oxygen atoms in total. The fraction of sp³-hybridized carbons (Fsp3) is 0.929. The zero-order valence-corrected chi connectivity index (χ0v) is 11.5. The van der Waals surface area contributed by atoms with Gasteiger partial charge in [-0.05, 0) is 5.92 Å². The summed E-state index contributed by atoms with van der Waals surface area (Å²) in [5.74, 6) is 2.01. The number of hydrogen-bond donors (Lipinski definition) is 0. The first-order chi connectivity index (χ1) is 7.74. The zero-order valence-electron chi connectivity index (χ0n) is 11.5. The predicted octanol–water partition coefficient (Wildman–Crippen LogP) is 4.70. The molecule has 0 aromatic rings. The van der Waals surface area contributed by atoms with Crippen LogP contribution in [0.2, 0.25) is 19.0 Å². The number of rotatable bonds is 5. The van der Waals surface area contributed by atoms with Gasteiger partial charge in [0.25, 0.3) is 0 Å². The van der Waals surface area contributed by atoms with Gasteiger partial charge in [-0.3, -0.25) is 0 Å². The van der Waals surface area contributed by atoms with E-state index in [2.05, 4.69) is 20.7 Å². The summed E-state index contributed by atoms with van der Waals surface area (Å²) in [4.78, 5) is 8.00. The molecule has 1 atom stereocenters. The van der Waals surface area contributed by atoms with Gasteiger partial charge < -0.3 is 4.79 Å². The van der Waals surface area contributed by atoms with Crippen LogP contribution in [0.15, 0.2) is 0 Å². The molecule has 1 rings (SSSR count). The van der Waals surface area contributed by atoms with E-state index in [1.165, 1.54) is 51.3 Å². The Morgan fingerprint density at radius 2 is 1.81 bits per heavy atom. The van der Waals surface area contributed by atoms with Gasteiger partial charge in [0.15, 0.2) is 0 Å². The molecule has 1 saturated carbocycles. The van der Waals surface area contributed by atoms with Crippen molar-refractivity contribution < 1.29 is 4.79 Å². The molecule has 0 N–H and O–H groups in total. The third-order valence-electron chi connectivity index (χ3n) is 4.15. The predicted molar refractivity (Wildman–Crippen MR) is 74.5 cm³/mol. The Kier molecular flexibility index (Phi) is 9.76. The first kappa shape index (κ1) is 15.7. The summed E-state index contributed by atoms with van der Waals surface area (Å²) in [5, 5.41) is 0. The fourth-order valence-corrected chi connectivity index (χ4v) is 2.92. The minimum absolute atomic E-state index is 0.946. The van der Waals surface area contributed by atoms with E-state index in [0.717, 1.165) is 18.4 Å². The van der Waals surface area contributed by atoms with E-state index in [1.54, 1.807) is 0 Å². The lowest BCUT2D eigenvalue weighted by Gasteiger charge is -2.26. The maximum atomic E-state index is 8.00. The molecule has 0 spiro atoms. The zero-order chi connectivity index (χ0) is 12.4. The number of carbonyl (C=O) groups excluding carboxylic acids is 1. The molecule has 2 heteroatoms.